The van der Waals surface area contributed by atoms with Gasteiger partial charge in [0.2, 0.25) is 0 Å². The van der Waals surface area contributed by atoms with E-state index in [0.29, 0.717) is 17.2 Å². The third kappa shape index (κ3) is 3.70. The second-order valence-corrected chi connectivity index (χ2v) is 9.14. The van der Waals surface area contributed by atoms with Gasteiger partial charge in [-0.1, -0.05) is 0 Å². The molecular weight excluding hydrogens is 450 g/mol. The van der Waals surface area contributed by atoms with Gasteiger partial charge in [-0.25, -0.2) is 9.97 Å². The molecule has 1 saturated heterocycles. The Labute approximate surface area is 206 Å². The molecule has 0 atom stereocenters. The maximum atomic E-state index is 4.88. The van der Waals surface area contributed by atoms with Crippen LogP contribution >= 0.6 is 0 Å². The summed E-state index contributed by atoms with van der Waals surface area (Å²) < 4.78 is 0. The second-order valence-electron chi connectivity index (χ2n) is 9.14. The van der Waals surface area contributed by atoms with Crippen LogP contribution < -0.4 is 0 Å². The van der Waals surface area contributed by atoms with Gasteiger partial charge in [0.15, 0.2) is 11.5 Å². The van der Waals surface area contributed by atoms with Crippen LogP contribution in [0.15, 0.2) is 67.5 Å². The Bertz CT molecular complexity index is 1680. The maximum absolute atomic E-state index is 4.88. The maximum Gasteiger partial charge on any atom is 0.159 e. The lowest BCUT2D eigenvalue weighted by Crippen LogP contribution is -2.18. The van der Waals surface area contributed by atoms with E-state index in [1.807, 2.05) is 36.8 Å². The molecule has 7 heterocycles. The molecule has 0 radical (unpaired) electrons. The minimum atomic E-state index is 0.661. The highest BCUT2D eigenvalue weighted by Gasteiger charge is 2.17. The van der Waals surface area contributed by atoms with E-state index in [1.54, 1.807) is 18.6 Å². The van der Waals surface area contributed by atoms with Crippen molar-refractivity contribution in [3.05, 3.63) is 73.1 Å². The molecule has 36 heavy (non-hydrogen) atoms. The van der Waals surface area contributed by atoms with Crippen molar-refractivity contribution in [2.75, 3.05) is 13.1 Å². The van der Waals surface area contributed by atoms with Crippen LogP contribution in [0.1, 0.15) is 18.4 Å². The Morgan fingerprint density at radius 3 is 2.61 bits per heavy atom. The summed E-state index contributed by atoms with van der Waals surface area (Å²) in [5, 5.41) is 8.49. The summed E-state index contributed by atoms with van der Waals surface area (Å²) in [7, 11) is 0. The Kier molecular flexibility index (Phi) is 4.99. The number of imidazole rings is 1. The van der Waals surface area contributed by atoms with Crippen LogP contribution in [-0.4, -0.2) is 58.1 Å². The largest absolute Gasteiger partial charge is 0.336 e. The van der Waals surface area contributed by atoms with Crippen LogP contribution in [0.3, 0.4) is 0 Å². The molecule has 0 aliphatic carbocycles. The third-order valence-electron chi connectivity index (χ3n) is 6.71. The Morgan fingerprint density at radius 1 is 0.833 bits per heavy atom. The van der Waals surface area contributed by atoms with Crippen LogP contribution in [0.4, 0.5) is 0 Å². The van der Waals surface area contributed by atoms with Gasteiger partial charge in [-0.15, -0.1) is 0 Å². The van der Waals surface area contributed by atoms with E-state index in [4.69, 9.17) is 4.98 Å². The molecule has 9 heteroatoms. The van der Waals surface area contributed by atoms with E-state index in [-0.39, 0.29) is 0 Å². The normalized spacial score (nSPS) is 14.2. The average Bonchev–Trinajstić information content (AvgIpc) is 3.68. The first-order chi connectivity index (χ1) is 17.8. The SMILES string of the molecule is c1cncc(-c2nccc3[nH]c(-c4n[nH]c5ncc(-c6cncc(CN7CCCC7)c6)cc45)nc23)c1. The first-order valence-corrected chi connectivity index (χ1v) is 12.1. The molecule has 1 aliphatic rings. The zero-order chi connectivity index (χ0) is 23.9. The van der Waals surface area contributed by atoms with Crippen molar-refractivity contribution in [1.82, 2.24) is 45.0 Å². The number of pyridine rings is 4. The first-order valence-electron chi connectivity index (χ1n) is 12.1. The summed E-state index contributed by atoms with van der Waals surface area (Å²) in [6.07, 6.45) is 13.6. The molecule has 2 N–H and O–H groups in total. The summed E-state index contributed by atoms with van der Waals surface area (Å²) in [4.78, 5) is 28.7. The van der Waals surface area contributed by atoms with Crippen molar-refractivity contribution in [3.8, 4) is 33.9 Å². The van der Waals surface area contributed by atoms with Crippen LogP contribution in [0.2, 0.25) is 0 Å². The van der Waals surface area contributed by atoms with Crippen molar-refractivity contribution in [2.45, 2.75) is 19.4 Å². The predicted molar refractivity (Wildman–Crippen MR) is 138 cm³/mol. The van der Waals surface area contributed by atoms with Gasteiger partial charge in [0.1, 0.15) is 11.2 Å². The summed E-state index contributed by atoms with van der Waals surface area (Å²) in [6.45, 7) is 3.25. The number of nitrogens with one attached hydrogen (secondary N) is 2. The number of H-pyrrole nitrogens is 2. The Hall–Kier alpha value is -4.50. The summed E-state index contributed by atoms with van der Waals surface area (Å²) in [6, 6.07) is 10.1. The minimum absolute atomic E-state index is 0.661. The van der Waals surface area contributed by atoms with Gasteiger partial charge in [-0.05, 0) is 61.8 Å². The average molecular weight is 474 g/mol. The van der Waals surface area contributed by atoms with Gasteiger partial charge in [-0.2, -0.15) is 5.10 Å². The molecule has 0 aromatic carbocycles. The van der Waals surface area contributed by atoms with E-state index in [1.165, 1.54) is 18.4 Å². The minimum Gasteiger partial charge on any atom is -0.336 e. The zero-order valence-corrected chi connectivity index (χ0v) is 19.5. The zero-order valence-electron chi connectivity index (χ0n) is 19.5. The number of likely N-dealkylation sites (tertiary alicyclic amines) is 1. The number of rotatable bonds is 5. The van der Waals surface area contributed by atoms with Crippen molar-refractivity contribution < 1.29 is 0 Å². The van der Waals surface area contributed by atoms with Gasteiger partial charge in [0.05, 0.1) is 16.6 Å². The molecule has 6 aromatic heterocycles. The summed E-state index contributed by atoms with van der Waals surface area (Å²) in [5.41, 5.74) is 8.04. The lowest BCUT2D eigenvalue weighted by atomic mass is 10.1. The molecule has 1 aliphatic heterocycles. The molecule has 0 saturated carbocycles. The van der Waals surface area contributed by atoms with Gasteiger partial charge < -0.3 is 4.98 Å². The summed E-state index contributed by atoms with van der Waals surface area (Å²) >= 11 is 0. The number of fused-ring (bicyclic) bond motifs is 2. The molecule has 176 valence electrons. The molecule has 0 spiro atoms. The van der Waals surface area contributed by atoms with Gasteiger partial charge in [0, 0.05) is 60.4 Å². The van der Waals surface area contributed by atoms with Crippen molar-refractivity contribution in [1.29, 1.82) is 0 Å². The van der Waals surface area contributed by atoms with Crippen LogP contribution in [0, 0.1) is 0 Å². The monoisotopic (exact) mass is 473 g/mol. The molecular formula is C27H23N9. The second kappa shape index (κ2) is 8.62. The Balaban J connectivity index is 1.28. The Morgan fingerprint density at radius 2 is 1.72 bits per heavy atom. The molecule has 7 rings (SSSR count). The molecule has 1 fully saturated rings. The highest BCUT2D eigenvalue weighted by atomic mass is 15.2. The van der Waals surface area contributed by atoms with Crippen molar-refractivity contribution in [3.63, 3.8) is 0 Å². The van der Waals surface area contributed by atoms with E-state index in [2.05, 4.69) is 52.1 Å². The fourth-order valence-corrected chi connectivity index (χ4v) is 4.93. The lowest BCUT2D eigenvalue weighted by molar-refractivity contribution is 0.331. The third-order valence-corrected chi connectivity index (χ3v) is 6.71. The first kappa shape index (κ1) is 20.8. The fraction of sp³-hybridized carbons (Fsp3) is 0.185. The van der Waals surface area contributed by atoms with Gasteiger partial charge >= 0.3 is 0 Å². The molecule has 0 amide bonds. The number of nitrogens with zero attached hydrogens (tertiary/aromatic N) is 7. The number of aromatic amines is 2. The molecule has 6 aromatic rings. The van der Waals surface area contributed by atoms with Crippen LogP contribution in [0.25, 0.3) is 56.0 Å². The number of hydrogen-bond acceptors (Lipinski definition) is 7. The van der Waals surface area contributed by atoms with Crippen LogP contribution in [0.5, 0.6) is 0 Å². The van der Waals surface area contributed by atoms with Gasteiger partial charge in [-0.3, -0.25) is 25.0 Å². The highest BCUT2D eigenvalue weighted by molar-refractivity contribution is 5.96. The molecule has 0 bridgehead atoms. The molecule has 9 nitrogen and oxygen atoms in total. The van der Waals surface area contributed by atoms with Gasteiger partial charge in [0.25, 0.3) is 0 Å². The predicted octanol–water partition coefficient (Wildman–Crippen LogP) is 4.62. The number of hydrogen-bond donors (Lipinski definition) is 2. The van der Waals surface area contributed by atoms with E-state index >= 15 is 0 Å². The van der Waals surface area contributed by atoms with E-state index < -0.39 is 0 Å². The fourth-order valence-electron chi connectivity index (χ4n) is 4.93. The summed E-state index contributed by atoms with van der Waals surface area (Å²) in [5.74, 6) is 0.661. The van der Waals surface area contributed by atoms with Crippen molar-refractivity contribution >= 4 is 22.1 Å². The van der Waals surface area contributed by atoms with Crippen molar-refractivity contribution in [2.24, 2.45) is 0 Å². The standard InChI is InChI=1S/C27H23N9/c1-2-9-36(8-1)16-17-10-19(14-29-12-17)20-11-21-24(34-35-26(21)31-15-20)27-32-22-5-7-30-23(25(22)33-27)18-4-3-6-28-13-18/h3-7,10-15H,1-2,8-9,16H2,(H,32,33)(H,31,34,35). The quantitative estimate of drug-likeness (QED) is 0.376. The highest BCUT2D eigenvalue weighted by Crippen LogP contribution is 2.31. The van der Waals surface area contributed by atoms with E-state index in [0.717, 1.165) is 58.4 Å². The molecule has 0 unspecified atom stereocenters. The lowest BCUT2D eigenvalue weighted by Gasteiger charge is -2.14. The number of aromatic nitrogens is 8. The van der Waals surface area contributed by atoms with E-state index in [9.17, 15) is 0 Å². The smallest absolute Gasteiger partial charge is 0.159 e. The topological polar surface area (TPSA) is 112 Å². The van der Waals surface area contributed by atoms with Crippen LogP contribution in [-0.2, 0) is 6.54 Å².